The van der Waals surface area contributed by atoms with Crippen LogP contribution in [0.2, 0.25) is 0 Å². The molecule has 1 aromatic carbocycles. The summed E-state index contributed by atoms with van der Waals surface area (Å²) in [5, 5.41) is 0.192. The van der Waals surface area contributed by atoms with Gasteiger partial charge in [0.25, 0.3) is 0 Å². The van der Waals surface area contributed by atoms with Gasteiger partial charge in [-0.25, -0.2) is 13.8 Å². The molecule has 0 bridgehead atoms. The van der Waals surface area contributed by atoms with Crippen molar-refractivity contribution in [2.45, 2.75) is 38.1 Å². The lowest BCUT2D eigenvalue weighted by molar-refractivity contribution is -0.148. The molecule has 4 rings (SSSR count). The van der Waals surface area contributed by atoms with E-state index in [2.05, 4.69) is 14.2 Å². The second-order valence-corrected chi connectivity index (χ2v) is 9.78. The number of thioether (sulfide) groups is 1. The normalized spacial score (nSPS) is 16.9. The highest BCUT2D eigenvalue weighted by molar-refractivity contribution is 8.08. The van der Waals surface area contributed by atoms with Gasteiger partial charge in [0.05, 0.1) is 12.2 Å². The molecule has 0 radical (unpaired) electrons. The number of imidazole rings is 1. The van der Waals surface area contributed by atoms with E-state index >= 15 is 0 Å². The Morgan fingerprint density at radius 3 is 2.68 bits per heavy atom. The van der Waals surface area contributed by atoms with Gasteiger partial charge in [-0.3, -0.25) is 4.79 Å². The minimum Gasteiger partial charge on any atom is -0.335 e. The van der Waals surface area contributed by atoms with Gasteiger partial charge in [0.15, 0.2) is 0 Å². The molecule has 2 aromatic rings. The van der Waals surface area contributed by atoms with E-state index in [1.807, 2.05) is 6.08 Å². The van der Waals surface area contributed by atoms with E-state index in [1.54, 1.807) is 12.2 Å². The van der Waals surface area contributed by atoms with Crippen LogP contribution in [0.4, 0.5) is 22.0 Å². The number of carbonyl (C=O) groups excluding carboxylic acids is 1. The Labute approximate surface area is 199 Å². The largest absolute Gasteiger partial charge is 0.449 e. The fraction of sp³-hybridized carbons (Fsp3) is 0.364. The van der Waals surface area contributed by atoms with Crippen LogP contribution in [-0.2, 0) is 30.5 Å². The maximum atomic E-state index is 14.1. The third-order valence-corrected chi connectivity index (χ3v) is 7.09. The summed E-state index contributed by atoms with van der Waals surface area (Å²) in [5.74, 6) is -2.15. The quantitative estimate of drug-likeness (QED) is 0.487. The Morgan fingerprint density at radius 2 is 2.00 bits per heavy atom. The van der Waals surface area contributed by atoms with Crippen LogP contribution in [0.5, 0.6) is 0 Å². The molecule has 2 N–H and O–H groups in total. The van der Waals surface area contributed by atoms with Gasteiger partial charge in [0, 0.05) is 47.6 Å². The number of benzene rings is 1. The first kappa shape index (κ1) is 24.9. The smallest absolute Gasteiger partial charge is 0.335 e. The number of rotatable bonds is 5. The van der Waals surface area contributed by atoms with Gasteiger partial charge in [0.1, 0.15) is 17.3 Å². The van der Waals surface area contributed by atoms with Crippen LogP contribution < -0.4 is 11.0 Å². The summed E-state index contributed by atoms with van der Waals surface area (Å²) in [7, 11) is 2.17. The molecule has 2 aliphatic heterocycles. The van der Waals surface area contributed by atoms with Gasteiger partial charge >= 0.3 is 6.18 Å². The average Bonchev–Trinajstić information content (AvgIpc) is 3.17. The van der Waals surface area contributed by atoms with Crippen LogP contribution in [-0.4, -0.2) is 38.7 Å². The second kappa shape index (κ2) is 9.79. The highest BCUT2D eigenvalue weighted by atomic mass is 32.2. The van der Waals surface area contributed by atoms with Crippen LogP contribution in [0.25, 0.3) is 4.91 Å². The standard InChI is InChI=1S/C22H22F5N4OPS/c23-14-10-15(24)17(33)8-12(14)7-13(28)9-19(32)30-4-5-31-16(11-30)20(18-3-1-2-6-34-18)29-21(31)22(25,26)27/h1-3,8,10,13H,4-7,9,11,28,33H2. The highest BCUT2D eigenvalue weighted by Crippen LogP contribution is 2.38. The topological polar surface area (TPSA) is 64.2 Å². The molecule has 0 aliphatic carbocycles. The summed E-state index contributed by atoms with van der Waals surface area (Å²) in [5.41, 5.74) is 6.81. The first-order valence-electron chi connectivity index (χ1n) is 10.5. The number of halogens is 5. The summed E-state index contributed by atoms with van der Waals surface area (Å²) in [6, 6.07) is 1.36. The summed E-state index contributed by atoms with van der Waals surface area (Å²) >= 11 is 1.38. The van der Waals surface area contributed by atoms with E-state index in [-0.39, 0.29) is 54.9 Å². The van der Waals surface area contributed by atoms with Crippen LogP contribution in [0.3, 0.4) is 0 Å². The predicted molar refractivity (Wildman–Crippen MR) is 124 cm³/mol. The number of amides is 1. The number of hydrogen-bond acceptors (Lipinski definition) is 4. The molecule has 5 nitrogen and oxygen atoms in total. The third-order valence-electron chi connectivity index (χ3n) is 5.65. The summed E-state index contributed by atoms with van der Waals surface area (Å²) < 4.78 is 69.5. The van der Waals surface area contributed by atoms with Gasteiger partial charge in [-0.05, 0) is 24.1 Å². The summed E-state index contributed by atoms with van der Waals surface area (Å²) in [6.45, 7) is -0.00856. The van der Waals surface area contributed by atoms with Crippen molar-refractivity contribution < 1.29 is 26.7 Å². The first-order chi connectivity index (χ1) is 16.0. The van der Waals surface area contributed by atoms with E-state index in [0.29, 0.717) is 16.4 Å². The van der Waals surface area contributed by atoms with Crippen LogP contribution in [0.1, 0.15) is 29.2 Å². The van der Waals surface area contributed by atoms with Crippen LogP contribution in [0.15, 0.2) is 30.4 Å². The van der Waals surface area contributed by atoms with Crippen molar-refractivity contribution in [1.82, 2.24) is 14.5 Å². The maximum absolute atomic E-state index is 14.1. The van der Waals surface area contributed by atoms with Crippen molar-refractivity contribution in [3.8, 4) is 0 Å². The number of hydrogen-bond donors (Lipinski definition) is 1. The Kier molecular flexibility index (Phi) is 7.17. The molecule has 182 valence electrons. The van der Waals surface area contributed by atoms with Crippen LogP contribution in [0, 0.1) is 11.6 Å². The molecule has 0 spiro atoms. The molecule has 0 saturated heterocycles. The van der Waals surface area contributed by atoms with Gasteiger partial charge in [0.2, 0.25) is 11.7 Å². The number of allylic oxidation sites excluding steroid dienone is 2. The van der Waals surface area contributed by atoms with Gasteiger partial charge in [-0.1, -0.05) is 12.2 Å². The molecule has 2 unspecified atom stereocenters. The lowest BCUT2D eigenvalue weighted by atomic mass is 10.0. The van der Waals surface area contributed by atoms with Gasteiger partial charge < -0.3 is 15.2 Å². The Hall–Kier alpha value is -2.23. The minimum atomic E-state index is -4.62. The van der Waals surface area contributed by atoms with Crippen molar-refractivity contribution in [3.63, 3.8) is 0 Å². The molecule has 0 fully saturated rings. The zero-order valence-electron chi connectivity index (χ0n) is 17.9. The number of nitrogens with zero attached hydrogens (tertiary/aromatic N) is 3. The fourth-order valence-electron chi connectivity index (χ4n) is 4.02. The van der Waals surface area contributed by atoms with Gasteiger partial charge in [-0.2, -0.15) is 13.2 Å². The Bertz CT molecular complexity index is 1180. The highest BCUT2D eigenvalue weighted by Gasteiger charge is 2.41. The van der Waals surface area contributed by atoms with Crippen molar-refractivity contribution in [3.05, 3.63) is 64.8 Å². The monoisotopic (exact) mass is 516 g/mol. The van der Waals surface area contributed by atoms with E-state index < -0.39 is 29.7 Å². The second-order valence-electron chi connectivity index (χ2n) is 8.10. The summed E-state index contributed by atoms with van der Waals surface area (Å²) in [6.07, 6.45) is 0.648. The number of fused-ring (bicyclic) bond motifs is 1. The SMILES string of the molecule is NC(CC(=O)N1CCn2c(C(F)(F)F)nc(C3=CC=CCS3)c2C1)Cc1cc(P)c(F)cc1F. The third kappa shape index (κ3) is 5.21. The molecule has 3 heterocycles. The number of aromatic nitrogens is 2. The van der Waals surface area contributed by atoms with Crippen LogP contribution >= 0.6 is 21.0 Å². The fourth-order valence-corrected chi connectivity index (χ4v) is 5.16. The lowest BCUT2D eigenvalue weighted by Crippen LogP contribution is -2.42. The summed E-state index contributed by atoms with van der Waals surface area (Å²) in [4.78, 5) is 18.9. The van der Waals surface area contributed by atoms with Crippen molar-refractivity contribution in [2.75, 3.05) is 12.3 Å². The van der Waals surface area contributed by atoms with Crippen molar-refractivity contribution in [1.29, 1.82) is 0 Å². The Morgan fingerprint density at radius 1 is 1.24 bits per heavy atom. The molecule has 1 amide bonds. The molecular formula is C22H22F5N4OPS. The van der Waals surface area contributed by atoms with E-state index in [1.165, 1.54) is 22.7 Å². The molecule has 2 aliphatic rings. The molecule has 2 atom stereocenters. The molecule has 0 saturated carbocycles. The minimum absolute atomic E-state index is 0.0182. The lowest BCUT2D eigenvalue weighted by Gasteiger charge is -2.30. The average molecular weight is 516 g/mol. The zero-order valence-corrected chi connectivity index (χ0v) is 19.9. The van der Waals surface area contributed by atoms with Crippen molar-refractivity contribution >= 4 is 37.1 Å². The number of nitrogens with two attached hydrogens (primary N) is 1. The molecule has 12 heteroatoms. The van der Waals surface area contributed by atoms with E-state index in [0.717, 1.165) is 10.6 Å². The molecular weight excluding hydrogens is 494 g/mol. The Balaban J connectivity index is 1.51. The van der Waals surface area contributed by atoms with Crippen molar-refractivity contribution in [2.24, 2.45) is 5.73 Å². The van der Waals surface area contributed by atoms with E-state index in [9.17, 15) is 26.7 Å². The number of carbonyl (C=O) groups is 1. The van der Waals surface area contributed by atoms with E-state index in [4.69, 9.17) is 5.73 Å². The molecule has 1 aromatic heterocycles. The maximum Gasteiger partial charge on any atom is 0.449 e. The van der Waals surface area contributed by atoms with Gasteiger partial charge in [-0.15, -0.1) is 21.0 Å². The number of alkyl halides is 3. The molecule has 34 heavy (non-hydrogen) atoms. The zero-order chi connectivity index (χ0) is 24.6. The first-order valence-corrected chi connectivity index (χ1v) is 12.0. The predicted octanol–water partition coefficient (Wildman–Crippen LogP) is 3.63.